The Morgan fingerprint density at radius 3 is 2.23 bits per heavy atom. The molecule has 0 saturated carbocycles. The van der Waals surface area contributed by atoms with Crippen molar-refractivity contribution in [1.82, 2.24) is 10.6 Å². The van der Waals surface area contributed by atoms with E-state index in [0.29, 0.717) is 12.1 Å². The van der Waals surface area contributed by atoms with Gasteiger partial charge in [-0.05, 0) is 29.1 Å². The molecule has 0 aliphatic heterocycles. The first-order valence-corrected chi connectivity index (χ1v) is 9.30. The second-order valence-electron chi connectivity index (χ2n) is 5.86. The Kier molecular flexibility index (Phi) is 6.17. The largest absolute Gasteiger partial charge is 0.351 e. The molecule has 3 rings (SSSR count). The molecular weight excluding hydrogens is 344 g/mol. The van der Waals surface area contributed by atoms with Gasteiger partial charge >= 0.3 is 0 Å². The van der Waals surface area contributed by atoms with Gasteiger partial charge in [-0.25, -0.2) is 0 Å². The van der Waals surface area contributed by atoms with Crippen LogP contribution >= 0.6 is 11.3 Å². The van der Waals surface area contributed by atoms with Gasteiger partial charge in [0.1, 0.15) is 0 Å². The van der Waals surface area contributed by atoms with E-state index >= 15 is 0 Å². The molecule has 0 saturated heterocycles. The molecule has 2 N–H and O–H groups in total. The summed E-state index contributed by atoms with van der Waals surface area (Å²) in [6.45, 7) is 0.505. The minimum Gasteiger partial charge on any atom is -0.351 e. The Morgan fingerprint density at radius 1 is 0.885 bits per heavy atom. The molecule has 3 aromatic rings. The summed E-state index contributed by atoms with van der Waals surface area (Å²) in [6, 6.07) is 22.1. The first-order chi connectivity index (χ1) is 12.7. The molecule has 132 valence electrons. The standard InChI is InChI=1S/C21H20N2O2S/c24-20(22-15-18-12-7-13-26-18)14-19(16-8-3-1-4-9-16)23-21(25)17-10-5-2-6-11-17/h1-13,19H,14-15H2,(H,22,24)(H,23,25)/t19-/m1/s1. The maximum Gasteiger partial charge on any atom is 0.251 e. The molecule has 5 heteroatoms. The minimum atomic E-state index is -0.382. The predicted molar refractivity (Wildman–Crippen MR) is 104 cm³/mol. The quantitative estimate of drug-likeness (QED) is 0.667. The molecule has 0 bridgehead atoms. The van der Waals surface area contributed by atoms with Crippen LogP contribution in [-0.2, 0) is 11.3 Å². The molecule has 1 heterocycles. The third-order valence-electron chi connectivity index (χ3n) is 3.97. The topological polar surface area (TPSA) is 58.2 Å². The van der Waals surface area contributed by atoms with Crippen LogP contribution in [-0.4, -0.2) is 11.8 Å². The van der Waals surface area contributed by atoms with Crippen LogP contribution in [0.25, 0.3) is 0 Å². The molecule has 26 heavy (non-hydrogen) atoms. The van der Waals surface area contributed by atoms with Gasteiger partial charge in [-0.2, -0.15) is 0 Å². The van der Waals surface area contributed by atoms with Crippen molar-refractivity contribution in [3.63, 3.8) is 0 Å². The van der Waals surface area contributed by atoms with Crippen LogP contribution in [0.4, 0.5) is 0 Å². The fourth-order valence-corrected chi connectivity index (χ4v) is 3.27. The summed E-state index contributed by atoms with van der Waals surface area (Å²) < 4.78 is 0. The molecule has 4 nitrogen and oxygen atoms in total. The van der Waals surface area contributed by atoms with Crippen molar-refractivity contribution in [2.24, 2.45) is 0 Å². The summed E-state index contributed by atoms with van der Waals surface area (Å²) in [5.74, 6) is -0.286. The lowest BCUT2D eigenvalue weighted by molar-refractivity contribution is -0.121. The van der Waals surface area contributed by atoms with Crippen LogP contribution in [0.5, 0.6) is 0 Å². The molecule has 1 atom stereocenters. The molecule has 0 fully saturated rings. The smallest absolute Gasteiger partial charge is 0.251 e. The fraction of sp³-hybridized carbons (Fsp3) is 0.143. The average Bonchev–Trinajstić information content (AvgIpc) is 3.21. The van der Waals surface area contributed by atoms with Crippen molar-refractivity contribution in [3.8, 4) is 0 Å². The lowest BCUT2D eigenvalue weighted by Gasteiger charge is -2.19. The highest BCUT2D eigenvalue weighted by molar-refractivity contribution is 7.09. The van der Waals surface area contributed by atoms with Gasteiger partial charge in [-0.15, -0.1) is 11.3 Å². The van der Waals surface area contributed by atoms with E-state index < -0.39 is 0 Å². The lowest BCUT2D eigenvalue weighted by atomic mass is 10.0. The van der Waals surface area contributed by atoms with Crippen molar-refractivity contribution in [2.45, 2.75) is 19.0 Å². The number of hydrogen-bond acceptors (Lipinski definition) is 3. The first kappa shape index (κ1) is 17.9. The van der Waals surface area contributed by atoms with E-state index in [1.807, 2.05) is 66.0 Å². The average molecular weight is 364 g/mol. The summed E-state index contributed by atoms with van der Waals surface area (Å²) in [6.07, 6.45) is 0.188. The van der Waals surface area contributed by atoms with Crippen LogP contribution in [0.1, 0.15) is 33.3 Å². The van der Waals surface area contributed by atoms with Gasteiger partial charge < -0.3 is 10.6 Å². The van der Waals surface area contributed by atoms with Crippen molar-refractivity contribution in [3.05, 3.63) is 94.2 Å². The Morgan fingerprint density at radius 2 is 1.58 bits per heavy atom. The van der Waals surface area contributed by atoms with Crippen LogP contribution in [0.15, 0.2) is 78.2 Å². The second-order valence-corrected chi connectivity index (χ2v) is 6.90. The third kappa shape index (κ3) is 5.04. The van der Waals surface area contributed by atoms with E-state index in [2.05, 4.69) is 10.6 Å². The number of benzene rings is 2. The van der Waals surface area contributed by atoms with Crippen LogP contribution in [0, 0.1) is 0 Å². The molecule has 1 aromatic heterocycles. The Hall–Kier alpha value is -2.92. The van der Waals surface area contributed by atoms with Crippen molar-refractivity contribution in [2.75, 3.05) is 0 Å². The molecule has 2 amide bonds. The van der Waals surface area contributed by atoms with Gasteiger partial charge in [-0.3, -0.25) is 9.59 Å². The van der Waals surface area contributed by atoms with Crippen LogP contribution < -0.4 is 10.6 Å². The molecule has 0 aliphatic rings. The van der Waals surface area contributed by atoms with E-state index in [0.717, 1.165) is 10.4 Å². The minimum absolute atomic E-state index is 0.0967. The molecule has 0 spiro atoms. The van der Waals surface area contributed by atoms with Gasteiger partial charge in [-0.1, -0.05) is 54.6 Å². The van der Waals surface area contributed by atoms with Crippen molar-refractivity contribution in [1.29, 1.82) is 0 Å². The second kappa shape index (κ2) is 8.97. The van der Waals surface area contributed by atoms with Crippen molar-refractivity contribution >= 4 is 23.2 Å². The SMILES string of the molecule is O=C(C[C@@H](NC(=O)c1ccccc1)c1ccccc1)NCc1cccs1. The van der Waals surface area contributed by atoms with Crippen LogP contribution in [0.3, 0.4) is 0 Å². The number of carbonyl (C=O) groups is 2. The molecule has 0 radical (unpaired) electrons. The maximum absolute atomic E-state index is 12.5. The van der Waals surface area contributed by atoms with E-state index in [-0.39, 0.29) is 24.3 Å². The normalized spacial score (nSPS) is 11.5. The summed E-state index contributed by atoms with van der Waals surface area (Å²) in [5.41, 5.74) is 1.48. The summed E-state index contributed by atoms with van der Waals surface area (Å²) >= 11 is 1.60. The highest BCUT2D eigenvalue weighted by atomic mass is 32.1. The number of carbonyl (C=O) groups excluding carboxylic acids is 2. The Balaban J connectivity index is 1.67. The van der Waals surface area contributed by atoms with E-state index in [9.17, 15) is 9.59 Å². The van der Waals surface area contributed by atoms with E-state index in [1.165, 1.54) is 0 Å². The third-order valence-corrected chi connectivity index (χ3v) is 4.85. The fourth-order valence-electron chi connectivity index (χ4n) is 2.63. The number of amides is 2. The highest BCUT2D eigenvalue weighted by Gasteiger charge is 2.19. The molecule has 0 unspecified atom stereocenters. The van der Waals surface area contributed by atoms with Gasteiger partial charge in [0.15, 0.2) is 0 Å². The van der Waals surface area contributed by atoms with E-state index in [4.69, 9.17) is 0 Å². The van der Waals surface area contributed by atoms with Crippen molar-refractivity contribution < 1.29 is 9.59 Å². The number of rotatable bonds is 7. The molecule has 2 aromatic carbocycles. The van der Waals surface area contributed by atoms with Crippen LogP contribution in [0.2, 0.25) is 0 Å². The van der Waals surface area contributed by atoms with Gasteiger partial charge in [0.05, 0.1) is 19.0 Å². The zero-order valence-corrected chi connectivity index (χ0v) is 15.0. The summed E-state index contributed by atoms with van der Waals surface area (Å²) in [7, 11) is 0. The first-order valence-electron chi connectivity index (χ1n) is 8.42. The zero-order chi connectivity index (χ0) is 18.2. The Bertz CT molecular complexity index is 833. The monoisotopic (exact) mass is 364 g/mol. The predicted octanol–water partition coefficient (Wildman–Crippen LogP) is 3.93. The maximum atomic E-state index is 12.5. The van der Waals surface area contributed by atoms with E-state index in [1.54, 1.807) is 23.5 Å². The zero-order valence-electron chi connectivity index (χ0n) is 14.2. The molecular formula is C21H20N2O2S. The molecule has 0 aliphatic carbocycles. The summed E-state index contributed by atoms with van der Waals surface area (Å²) in [5, 5.41) is 7.88. The van der Waals surface area contributed by atoms with Gasteiger partial charge in [0, 0.05) is 10.4 Å². The number of thiophene rings is 1. The lowest BCUT2D eigenvalue weighted by Crippen LogP contribution is -2.33. The number of hydrogen-bond donors (Lipinski definition) is 2. The Labute approximate surface area is 156 Å². The van der Waals surface area contributed by atoms with Gasteiger partial charge in [0.2, 0.25) is 5.91 Å². The number of nitrogens with one attached hydrogen (secondary N) is 2. The summed E-state index contributed by atoms with van der Waals surface area (Å²) in [4.78, 5) is 26.0. The van der Waals surface area contributed by atoms with Gasteiger partial charge in [0.25, 0.3) is 5.91 Å². The highest BCUT2D eigenvalue weighted by Crippen LogP contribution is 2.18.